The maximum absolute atomic E-state index is 13.1. The van der Waals surface area contributed by atoms with Gasteiger partial charge < -0.3 is 10.6 Å². The van der Waals surface area contributed by atoms with E-state index in [0.29, 0.717) is 22.8 Å². The van der Waals surface area contributed by atoms with E-state index in [1.807, 2.05) is 0 Å². The molecule has 28 heavy (non-hydrogen) atoms. The number of carbonyl (C=O) groups is 1. The van der Waals surface area contributed by atoms with Gasteiger partial charge in [-0.3, -0.25) is 4.79 Å². The van der Waals surface area contributed by atoms with Gasteiger partial charge in [0.1, 0.15) is 11.6 Å². The van der Waals surface area contributed by atoms with Gasteiger partial charge in [0, 0.05) is 5.69 Å². The fraction of sp³-hybridized carbons (Fsp3) is 0.100. The van der Waals surface area contributed by atoms with Crippen molar-refractivity contribution in [2.45, 2.75) is 12.6 Å². The van der Waals surface area contributed by atoms with Crippen molar-refractivity contribution in [3.05, 3.63) is 83.8 Å². The van der Waals surface area contributed by atoms with E-state index in [1.54, 1.807) is 18.2 Å². The fourth-order valence-electron chi connectivity index (χ4n) is 2.47. The van der Waals surface area contributed by atoms with Crippen LogP contribution in [0.1, 0.15) is 11.1 Å². The van der Waals surface area contributed by atoms with Gasteiger partial charge >= 0.3 is 6.18 Å². The van der Waals surface area contributed by atoms with Crippen LogP contribution in [0.3, 0.4) is 0 Å². The van der Waals surface area contributed by atoms with E-state index in [2.05, 4.69) is 15.6 Å². The summed E-state index contributed by atoms with van der Waals surface area (Å²) in [4.78, 5) is 16.1. The minimum atomic E-state index is -4.38. The maximum Gasteiger partial charge on any atom is 0.416 e. The Morgan fingerprint density at radius 1 is 0.964 bits per heavy atom. The molecule has 0 aliphatic rings. The molecule has 8 heteroatoms. The van der Waals surface area contributed by atoms with Crippen LogP contribution >= 0.6 is 0 Å². The predicted molar refractivity (Wildman–Crippen MR) is 97.7 cm³/mol. The normalized spacial score (nSPS) is 11.1. The molecule has 0 saturated heterocycles. The van der Waals surface area contributed by atoms with Crippen molar-refractivity contribution in [1.82, 2.24) is 4.98 Å². The topological polar surface area (TPSA) is 54.0 Å². The Balaban J connectivity index is 1.58. The third kappa shape index (κ3) is 5.29. The summed E-state index contributed by atoms with van der Waals surface area (Å²) in [6.07, 6.45) is -2.94. The molecule has 2 N–H and O–H groups in total. The molecular formula is C20H15F4N3O. The summed E-state index contributed by atoms with van der Waals surface area (Å²) in [6.45, 7) is 0. The van der Waals surface area contributed by atoms with Crippen LogP contribution in [0.15, 0.2) is 66.9 Å². The highest BCUT2D eigenvalue weighted by Gasteiger charge is 2.29. The Labute approximate surface area is 158 Å². The fourth-order valence-corrected chi connectivity index (χ4v) is 2.47. The molecule has 0 bridgehead atoms. The van der Waals surface area contributed by atoms with Gasteiger partial charge in [-0.25, -0.2) is 9.37 Å². The zero-order chi connectivity index (χ0) is 20.1. The molecule has 0 spiro atoms. The Morgan fingerprint density at radius 2 is 1.68 bits per heavy atom. The summed E-state index contributed by atoms with van der Waals surface area (Å²) < 4.78 is 50.8. The molecule has 0 aliphatic carbocycles. The Morgan fingerprint density at radius 3 is 2.29 bits per heavy atom. The number of hydrogen-bond acceptors (Lipinski definition) is 3. The van der Waals surface area contributed by atoms with Crippen LogP contribution < -0.4 is 10.6 Å². The van der Waals surface area contributed by atoms with Crippen molar-refractivity contribution in [2.24, 2.45) is 0 Å². The predicted octanol–water partition coefficient (Wildman–Crippen LogP) is 5.16. The highest BCUT2D eigenvalue weighted by atomic mass is 19.4. The molecule has 2 aromatic carbocycles. The number of nitrogens with one attached hydrogen (secondary N) is 2. The first-order valence-corrected chi connectivity index (χ1v) is 8.24. The van der Waals surface area contributed by atoms with Crippen LogP contribution in [-0.4, -0.2) is 10.9 Å². The lowest BCUT2D eigenvalue weighted by Gasteiger charge is -2.10. The quantitative estimate of drug-likeness (QED) is 0.593. The minimum absolute atomic E-state index is 0.00496. The second-order valence-electron chi connectivity index (χ2n) is 5.99. The Hall–Kier alpha value is -3.42. The summed E-state index contributed by atoms with van der Waals surface area (Å²) >= 11 is 0. The van der Waals surface area contributed by atoms with Gasteiger partial charge in [0.2, 0.25) is 5.91 Å². The van der Waals surface area contributed by atoms with Crippen molar-refractivity contribution in [3.63, 3.8) is 0 Å². The van der Waals surface area contributed by atoms with Crippen LogP contribution in [0.4, 0.5) is 34.8 Å². The van der Waals surface area contributed by atoms with Crippen LogP contribution in [0, 0.1) is 5.82 Å². The molecule has 3 rings (SSSR count). The highest BCUT2D eigenvalue weighted by molar-refractivity contribution is 5.91. The first-order valence-electron chi connectivity index (χ1n) is 8.24. The first kappa shape index (κ1) is 19.3. The molecule has 0 saturated carbocycles. The third-order valence-corrected chi connectivity index (χ3v) is 3.79. The Kier molecular flexibility index (Phi) is 5.58. The highest BCUT2D eigenvalue weighted by Crippen LogP contribution is 2.30. The molecule has 4 nitrogen and oxygen atoms in total. The zero-order valence-corrected chi connectivity index (χ0v) is 14.4. The number of benzene rings is 2. The smallest absolute Gasteiger partial charge is 0.354 e. The summed E-state index contributed by atoms with van der Waals surface area (Å²) in [5, 5.41) is 5.52. The summed E-state index contributed by atoms with van der Waals surface area (Å²) in [5.74, 6) is -0.456. The van der Waals surface area contributed by atoms with Crippen molar-refractivity contribution < 1.29 is 22.4 Å². The maximum atomic E-state index is 13.1. The number of pyridine rings is 1. The van der Waals surface area contributed by atoms with E-state index in [9.17, 15) is 22.4 Å². The van der Waals surface area contributed by atoms with Crippen molar-refractivity contribution in [2.75, 3.05) is 10.6 Å². The molecule has 0 atom stereocenters. The van der Waals surface area contributed by atoms with Crippen molar-refractivity contribution in [3.8, 4) is 0 Å². The second-order valence-corrected chi connectivity index (χ2v) is 5.99. The monoisotopic (exact) mass is 389 g/mol. The number of alkyl halides is 3. The lowest BCUT2D eigenvalue weighted by atomic mass is 10.1. The van der Waals surface area contributed by atoms with E-state index in [0.717, 1.165) is 12.1 Å². The average molecular weight is 389 g/mol. The molecule has 144 valence electrons. The van der Waals surface area contributed by atoms with E-state index in [-0.39, 0.29) is 12.3 Å². The third-order valence-electron chi connectivity index (χ3n) is 3.79. The number of aromatic nitrogens is 1. The molecule has 1 heterocycles. The van der Waals surface area contributed by atoms with Gasteiger partial charge in [0.25, 0.3) is 0 Å². The Bertz CT molecular complexity index is 954. The largest absolute Gasteiger partial charge is 0.416 e. The number of halogens is 4. The zero-order valence-electron chi connectivity index (χ0n) is 14.4. The van der Waals surface area contributed by atoms with Gasteiger partial charge in [-0.1, -0.05) is 12.1 Å². The van der Waals surface area contributed by atoms with E-state index >= 15 is 0 Å². The molecule has 1 aromatic heterocycles. The summed E-state index contributed by atoms with van der Waals surface area (Å²) in [7, 11) is 0. The molecule has 0 aliphatic heterocycles. The average Bonchev–Trinajstić information content (AvgIpc) is 2.63. The van der Waals surface area contributed by atoms with E-state index < -0.39 is 17.6 Å². The SMILES string of the molecule is O=C(Cc1cccc(F)c1)Nc1ccc(Nc2ccc(C(F)(F)F)cc2)cn1. The van der Waals surface area contributed by atoms with Gasteiger partial charge in [0.15, 0.2) is 0 Å². The number of rotatable bonds is 5. The number of carbonyl (C=O) groups excluding carboxylic acids is 1. The number of anilines is 3. The van der Waals surface area contributed by atoms with Crippen molar-refractivity contribution >= 4 is 23.1 Å². The minimum Gasteiger partial charge on any atom is -0.354 e. The first-order chi connectivity index (χ1) is 13.3. The summed E-state index contributed by atoms with van der Waals surface area (Å²) in [5.41, 5.74) is 0.825. The van der Waals surface area contributed by atoms with Gasteiger partial charge in [-0.15, -0.1) is 0 Å². The van der Waals surface area contributed by atoms with Crippen LogP contribution in [-0.2, 0) is 17.4 Å². The van der Waals surface area contributed by atoms with Crippen LogP contribution in [0.2, 0.25) is 0 Å². The number of nitrogens with zero attached hydrogens (tertiary/aromatic N) is 1. The van der Waals surface area contributed by atoms with Crippen LogP contribution in [0.25, 0.3) is 0 Å². The van der Waals surface area contributed by atoms with Gasteiger partial charge in [-0.05, 0) is 54.1 Å². The molecule has 0 unspecified atom stereocenters. The number of amides is 1. The lowest BCUT2D eigenvalue weighted by molar-refractivity contribution is -0.137. The number of hydrogen-bond donors (Lipinski definition) is 2. The molecular weight excluding hydrogens is 374 g/mol. The van der Waals surface area contributed by atoms with E-state index in [4.69, 9.17) is 0 Å². The summed E-state index contributed by atoms with van der Waals surface area (Å²) in [6, 6.07) is 13.5. The molecule has 0 fully saturated rings. The van der Waals surface area contributed by atoms with E-state index in [1.165, 1.54) is 36.5 Å². The molecule has 0 radical (unpaired) electrons. The van der Waals surface area contributed by atoms with Gasteiger partial charge in [-0.2, -0.15) is 13.2 Å². The van der Waals surface area contributed by atoms with Crippen molar-refractivity contribution in [1.29, 1.82) is 0 Å². The van der Waals surface area contributed by atoms with Crippen LogP contribution in [0.5, 0.6) is 0 Å². The molecule has 1 amide bonds. The second kappa shape index (κ2) is 8.08. The van der Waals surface area contributed by atoms with Gasteiger partial charge in [0.05, 0.1) is 23.9 Å². The lowest BCUT2D eigenvalue weighted by Crippen LogP contribution is -2.15. The molecule has 3 aromatic rings. The standard InChI is InChI=1S/C20H15F4N3O/c21-15-3-1-2-13(10-15)11-19(28)27-18-9-8-17(12-25-18)26-16-6-4-14(5-7-16)20(22,23)24/h1-10,12,26H,11H2,(H,25,27,28).